The summed E-state index contributed by atoms with van der Waals surface area (Å²) in [4.78, 5) is 23.1. The van der Waals surface area contributed by atoms with Crippen LogP contribution in [0.2, 0.25) is 0 Å². The van der Waals surface area contributed by atoms with Crippen LogP contribution in [0.5, 0.6) is 0 Å². The summed E-state index contributed by atoms with van der Waals surface area (Å²) in [7, 11) is -4.69. The highest BCUT2D eigenvalue weighted by Crippen LogP contribution is 2.23. The van der Waals surface area contributed by atoms with Gasteiger partial charge in [0.25, 0.3) is 16.0 Å². The molecule has 0 unspecified atom stereocenters. The highest BCUT2D eigenvalue weighted by atomic mass is 32.2. The van der Waals surface area contributed by atoms with Gasteiger partial charge in [0.1, 0.15) is 4.90 Å². The predicted octanol–water partition coefficient (Wildman–Crippen LogP) is 1.11. The number of hydrogen-bond donors (Lipinski definition) is 2. The fourth-order valence-corrected chi connectivity index (χ4v) is 3.03. The van der Waals surface area contributed by atoms with Crippen molar-refractivity contribution in [3.8, 4) is 0 Å². The second-order valence-corrected chi connectivity index (χ2v) is 6.10. The molecule has 0 radical (unpaired) electrons. The first kappa shape index (κ1) is 14.2. The zero-order chi connectivity index (χ0) is 16.1. The third kappa shape index (κ3) is 2.14. The van der Waals surface area contributed by atoms with Crippen LogP contribution in [0.15, 0.2) is 47.4 Å². The van der Waals surface area contributed by atoms with Gasteiger partial charge in [-0.2, -0.15) is 8.42 Å². The van der Waals surface area contributed by atoms with Crippen LogP contribution in [0.25, 0.3) is 11.0 Å². The molecule has 22 heavy (non-hydrogen) atoms. The van der Waals surface area contributed by atoms with Crippen molar-refractivity contribution in [1.29, 1.82) is 0 Å². The Morgan fingerprint density at radius 2 is 1.55 bits per heavy atom. The first-order chi connectivity index (χ1) is 10.3. The number of primary amides is 1. The van der Waals surface area contributed by atoms with Gasteiger partial charge in [0.2, 0.25) is 5.91 Å². The van der Waals surface area contributed by atoms with Crippen LogP contribution in [-0.4, -0.2) is 29.4 Å². The van der Waals surface area contributed by atoms with Crippen LogP contribution in [0, 0.1) is 0 Å². The second kappa shape index (κ2) is 4.65. The standard InChI is InChI=1S/C14H10N2O5S/c15-13(17)8-1-6-11(12(7-8)22(19,20)21)14(18)16-9-2-3-10(16)5-4-9/h1-7H,(H2,15,17)(H,19,20,21). The average Bonchev–Trinajstić information content (AvgIpc) is 3.05. The number of nitrogens with two attached hydrogens (primary N) is 1. The van der Waals surface area contributed by atoms with E-state index in [1.807, 2.05) is 0 Å². The Hall–Kier alpha value is -2.71. The third-order valence-corrected chi connectivity index (χ3v) is 4.24. The number of hydrogen-bond acceptors (Lipinski definition) is 4. The molecule has 1 amide bonds. The van der Waals surface area contributed by atoms with E-state index in [4.69, 9.17) is 5.73 Å². The predicted molar refractivity (Wildman–Crippen MR) is 77.6 cm³/mol. The summed E-state index contributed by atoms with van der Waals surface area (Å²) in [5, 5.41) is 0. The lowest BCUT2D eigenvalue weighted by Gasteiger charge is -2.09. The van der Waals surface area contributed by atoms with E-state index in [0.717, 1.165) is 12.1 Å². The van der Waals surface area contributed by atoms with Crippen molar-refractivity contribution >= 4 is 33.0 Å². The maximum absolute atomic E-state index is 12.6. The van der Waals surface area contributed by atoms with E-state index < -0.39 is 26.8 Å². The molecule has 1 aromatic carbocycles. The van der Waals surface area contributed by atoms with Crippen LogP contribution in [0.4, 0.5) is 0 Å². The van der Waals surface area contributed by atoms with E-state index in [1.54, 1.807) is 24.3 Å². The monoisotopic (exact) mass is 318 g/mol. The molecule has 3 aromatic rings. The molecule has 2 heterocycles. The van der Waals surface area contributed by atoms with Crippen LogP contribution < -0.4 is 5.73 Å². The lowest BCUT2D eigenvalue weighted by molar-refractivity contribution is 0.0962. The van der Waals surface area contributed by atoms with Gasteiger partial charge in [0.15, 0.2) is 0 Å². The van der Waals surface area contributed by atoms with Crippen molar-refractivity contribution < 1.29 is 22.6 Å². The maximum Gasteiger partial charge on any atom is 0.295 e. The fraction of sp³-hybridized carbons (Fsp3) is 0. The van der Waals surface area contributed by atoms with Gasteiger partial charge in [-0.05, 0) is 42.5 Å². The van der Waals surface area contributed by atoms with E-state index in [2.05, 4.69) is 0 Å². The molecule has 8 heteroatoms. The average molecular weight is 318 g/mol. The van der Waals surface area contributed by atoms with Gasteiger partial charge in [0.05, 0.1) is 5.56 Å². The normalized spacial score (nSPS) is 11.9. The molecule has 2 aromatic heterocycles. The quantitative estimate of drug-likeness (QED) is 0.701. The molecule has 0 aliphatic heterocycles. The minimum absolute atomic E-state index is 0.120. The van der Waals surface area contributed by atoms with Gasteiger partial charge in [0, 0.05) is 16.6 Å². The Morgan fingerprint density at radius 3 is 2.00 bits per heavy atom. The van der Waals surface area contributed by atoms with E-state index in [0.29, 0.717) is 11.0 Å². The summed E-state index contributed by atoms with van der Waals surface area (Å²) in [5.41, 5.74) is 5.92. The summed E-state index contributed by atoms with van der Waals surface area (Å²) in [6.45, 7) is 0. The lowest BCUT2D eigenvalue weighted by atomic mass is 10.1. The van der Waals surface area contributed by atoms with Crippen LogP contribution in [0.1, 0.15) is 20.7 Å². The zero-order valence-corrected chi connectivity index (χ0v) is 11.9. The molecule has 0 fully saturated rings. The van der Waals surface area contributed by atoms with Gasteiger partial charge in [-0.15, -0.1) is 0 Å². The lowest BCUT2D eigenvalue weighted by Crippen LogP contribution is -2.18. The van der Waals surface area contributed by atoms with Gasteiger partial charge >= 0.3 is 0 Å². The SMILES string of the molecule is NC(=O)c1ccc(C(=O)n2c3ccc2cc3)c(S(=O)(=O)O)c1. The van der Waals surface area contributed by atoms with Crippen molar-refractivity contribution in [3.63, 3.8) is 0 Å². The molecular weight excluding hydrogens is 308 g/mol. The van der Waals surface area contributed by atoms with Gasteiger partial charge < -0.3 is 5.73 Å². The van der Waals surface area contributed by atoms with E-state index in [1.165, 1.54) is 10.6 Å². The summed E-state index contributed by atoms with van der Waals surface area (Å²) in [6, 6.07) is 10.1. The number of amides is 1. The summed E-state index contributed by atoms with van der Waals surface area (Å²) in [6.07, 6.45) is 0. The Balaban J connectivity index is 2.22. The Morgan fingerprint density at radius 1 is 1.00 bits per heavy atom. The summed E-state index contributed by atoms with van der Waals surface area (Å²) < 4.78 is 33.7. The fourth-order valence-electron chi connectivity index (χ4n) is 2.32. The number of rotatable bonds is 3. The first-order valence-corrected chi connectivity index (χ1v) is 7.59. The summed E-state index contributed by atoms with van der Waals surface area (Å²) >= 11 is 0. The van der Waals surface area contributed by atoms with Crippen LogP contribution in [-0.2, 0) is 10.1 Å². The van der Waals surface area contributed by atoms with Gasteiger partial charge in [-0.1, -0.05) is 0 Å². The molecule has 3 rings (SSSR count). The van der Waals surface area contributed by atoms with Gasteiger partial charge in [-0.3, -0.25) is 18.7 Å². The first-order valence-electron chi connectivity index (χ1n) is 6.15. The minimum atomic E-state index is -4.69. The van der Waals surface area contributed by atoms with E-state index in [-0.39, 0.29) is 11.1 Å². The highest BCUT2D eigenvalue weighted by Gasteiger charge is 2.24. The molecule has 3 N–H and O–H groups in total. The Kier molecular flexibility index (Phi) is 3.01. The second-order valence-electron chi connectivity index (χ2n) is 4.71. The Labute approximate surface area is 125 Å². The van der Waals surface area contributed by atoms with E-state index in [9.17, 15) is 22.6 Å². The maximum atomic E-state index is 12.6. The number of aromatic nitrogens is 1. The van der Waals surface area contributed by atoms with Crippen molar-refractivity contribution in [3.05, 3.63) is 53.6 Å². The molecule has 0 aliphatic carbocycles. The highest BCUT2D eigenvalue weighted by molar-refractivity contribution is 7.86. The number of carbonyl (C=O) groups excluding carboxylic acids is 2. The van der Waals surface area contributed by atoms with Gasteiger partial charge in [-0.25, -0.2) is 0 Å². The number of nitrogens with zero attached hydrogens (tertiary/aromatic N) is 1. The smallest absolute Gasteiger partial charge is 0.295 e. The van der Waals surface area contributed by atoms with Crippen LogP contribution in [0.3, 0.4) is 0 Å². The van der Waals surface area contributed by atoms with Crippen molar-refractivity contribution in [2.45, 2.75) is 4.90 Å². The number of benzene rings is 2. The van der Waals surface area contributed by atoms with Crippen molar-refractivity contribution in [1.82, 2.24) is 4.57 Å². The molecule has 7 nitrogen and oxygen atoms in total. The van der Waals surface area contributed by atoms with Crippen molar-refractivity contribution in [2.75, 3.05) is 0 Å². The molecule has 2 bridgehead atoms. The topological polar surface area (TPSA) is 119 Å². The largest absolute Gasteiger partial charge is 0.366 e. The number of fused-ring (bicyclic) bond motifs is 2. The summed E-state index contributed by atoms with van der Waals surface area (Å²) in [5.74, 6) is -1.49. The van der Waals surface area contributed by atoms with Crippen LogP contribution >= 0.6 is 0 Å². The molecule has 0 aliphatic rings. The third-order valence-electron chi connectivity index (χ3n) is 3.34. The molecule has 112 valence electrons. The zero-order valence-electron chi connectivity index (χ0n) is 11.1. The number of carbonyl (C=O) groups is 2. The van der Waals surface area contributed by atoms with Crippen molar-refractivity contribution in [2.24, 2.45) is 5.73 Å². The molecule has 0 spiro atoms. The van der Waals surface area contributed by atoms with E-state index >= 15 is 0 Å². The molecule has 0 atom stereocenters. The molecular formula is C14H10N2O5S. The Bertz CT molecular complexity index is 955. The molecule has 0 saturated heterocycles. The molecule has 0 saturated carbocycles. The minimum Gasteiger partial charge on any atom is -0.366 e.